The fourth-order valence-electron chi connectivity index (χ4n) is 0.826. The number of alkyl halides is 1. The zero-order valence-electron chi connectivity index (χ0n) is 6.57. The van der Waals surface area contributed by atoms with Crippen LogP contribution in [-0.2, 0) is 9.84 Å². The molecule has 0 unspecified atom stereocenters. The molecule has 0 spiro atoms. The predicted octanol–water partition coefficient (Wildman–Crippen LogP) is 1.75. The van der Waals surface area contributed by atoms with Gasteiger partial charge in [-0.05, 0) is 6.07 Å². The summed E-state index contributed by atoms with van der Waals surface area (Å²) in [6.07, 6.45) is 2.68. The first kappa shape index (κ1) is 10.8. The monoisotopic (exact) mass is 239 g/mol. The van der Waals surface area contributed by atoms with Crippen molar-refractivity contribution in [3.63, 3.8) is 0 Å². The van der Waals surface area contributed by atoms with Crippen molar-refractivity contribution in [2.24, 2.45) is 0 Å². The third-order valence-electron chi connectivity index (χ3n) is 1.42. The quantitative estimate of drug-likeness (QED) is 0.756. The van der Waals surface area contributed by atoms with Gasteiger partial charge in [-0.1, -0.05) is 11.6 Å². The molecule has 0 amide bonds. The van der Waals surface area contributed by atoms with E-state index in [1.165, 1.54) is 18.5 Å². The normalized spacial score (nSPS) is 11.5. The van der Waals surface area contributed by atoms with Crippen LogP contribution < -0.4 is 0 Å². The molecular formula is C7H7Cl2NO2S. The number of rotatable bonds is 3. The standard InChI is InChI=1S/C7H7Cl2NO2S/c8-2-4-13(11,12)7-1-3-10-5-6(7)9/h1,3,5H,2,4H2. The van der Waals surface area contributed by atoms with E-state index in [-0.39, 0.29) is 21.6 Å². The highest BCUT2D eigenvalue weighted by atomic mass is 35.5. The molecule has 13 heavy (non-hydrogen) atoms. The number of sulfone groups is 1. The fourth-order valence-corrected chi connectivity index (χ4v) is 2.95. The topological polar surface area (TPSA) is 47.0 Å². The number of hydrogen-bond acceptors (Lipinski definition) is 3. The molecule has 0 aliphatic carbocycles. The van der Waals surface area contributed by atoms with Crippen LogP contribution in [-0.4, -0.2) is 25.0 Å². The number of halogens is 2. The lowest BCUT2D eigenvalue weighted by Gasteiger charge is -2.02. The van der Waals surface area contributed by atoms with E-state index in [2.05, 4.69) is 4.98 Å². The van der Waals surface area contributed by atoms with Crippen LogP contribution in [0.25, 0.3) is 0 Å². The molecule has 0 saturated carbocycles. The Morgan fingerprint density at radius 1 is 1.46 bits per heavy atom. The van der Waals surface area contributed by atoms with Gasteiger partial charge < -0.3 is 0 Å². The molecule has 72 valence electrons. The van der Waals surface area contributed by atoms with Crippen molar-refractivity contribution in [2.45, 2.75) is 4.90 Å². The predicted molar refractivity (Wildman–Crippen MR) is 52.0 cm³/mol. The Hall–Kier alpha value is -0.320. The summed E-state index contributed by atoms with van der Waals surface area (Å²) in [6.45, 7) is 0. The van der Waals surface area contributed by atoms with E-state index < -0.39 is 9.84 Å². The van der Waals surface area contributed by atoms with Crippen LogP contribution in [0.2, 0.25) is 5.02 Å². The second-order valence-corrected chi connectivity index (χ2v) is 5.18. The highest BCUT2D eigenvalue weighted by molar-refractivity contribution is 7.91. The van der Waals surface area contributed by atoms with Crippen molar-refractivity contribution in [1.82, 2.24) is 4.98 Å². The molecule has 0 aliphatic rings. The smallest absolute Gasteiger partial charge is 0.181 e. The zero-order valence-corrected chi connectivity index (χ0v) is 8.90. The Morgan fingerprint density at radius 3 is 2.69 bits per heavy atom. The Labute approximate surface area is 86.6 Å². The van der Waals surface area contributed by atoms with Gasteiger partial charge in [0.1, 0.15) is 0 Å². The summed E-state index contributed by atoms with van der Waals surface area (Å²) in [7, 11) is -3.34. The average Bonchev–Trinajstić information content (AvgIpc) is 2.04. The van der Waals surface area contributed by atoms with Crippen molar-refractivity contribution >= 4 is 33.0 Å². The maximum Gasteiger partial charge on any atom is 0.181 e. The third kappa shape index (κ3) is 2.56. The molecule has 1 heterocycles. The highest BCUT2D eigenvalue weighted by Crippen LogP contribution is 2.20. The van der Waals surface area contributed by atoms with Crippen LogP contribution in [0.3, 0.4) is 0 Å². The van der Waals surface area contributed by atoms with E-state index in [0.29, 0.717) is 0 Å². The summed E-state index contributed by atoms with van der Waals surface area (Å²) in [5, 5.41) is 0.132. The summed E-state index contributed by atoms with van der Waals surface area (Å²) in [6, 6.07) is 1.37. The van der Waals surface area contributed by atoms with Gasteiger partial charge in [-0.15, -0.1) is 11.6 Å². The first-order valence-electron chi connectivity index (χ1n) is 3.46. The Morgan fingerprint density at radius 2 is 2.15 bits per heavy atom. The van der Waals surface area contributed by atoms with Gasteiger partial charge in [-0.3, -0.25) is 4.98 Å². The summed E-state index contributed by atoms with van der Waals surface area (Å²) in [4.78, 5) is 3.78. The van der Waals surface area contributed by atoms with Gasteiger partial charge in [0.2, 0.25) is 0 Å². The van der Waals surface area contributed by atoms with Gasteiger partial charge in [0.25, 0.3) is 0 Å². The first-order valence-corrected chi connectivity index (χ1v) is 6.02. The molecule has 1 aromatic rings. The number of nitrogens with zero attached hydrogens (tertiary/aromatic N) is 1. The molecular weight excluding hydrogens is 233 g/mol. The van der Waals surface area contributed by atoms with Gasteiger partial charge in [0.05, 0.1) is 15.7 Å². The van der Waals surface area contributed by atoms with Crippen molar-refractivity contribution in [3.8, 4) is 0 Å². The molecule has 6 heteroatoms. The minimum Gasteiger partial charge on any atom is -0.263 e. The minimum atomic E-state index is -3.34. The third-order valence-corrected chi connectivity index (χ3v) is 4.01. The summed E-state index contributed by atoms with van der Waals surface area (Å²) in [5.41, 5.74) is 0. The lowest BCUT2D eigenvalue weighted by atomic mass is 10.5. The highest BCUT2D eigenvalue weighted by Gasteiger charge is 2.16. The van der Waals surface area contributed by atoms with Gasteiger partial charge in [-0.25, -0.2) is 8.42 Å². The molecule has 0 bridgehead atoms. The van der Waals surface area contributed by atoms with Crippen LogP contribution in [0.1, 0.15) is 0 Å². The van der Waals surface area contributed by atoms with Crippen LogP contribution in [0.5, 0.6) is 0 Å². The number of hydrogen-bond donors (Lipinski definition) is 0. The molecule has 1 rings (SSSR count). The van der Waals surface area contributed by atoms with E-state index >= 15 is 0 Å². The largest absolute Gasteiger partial charge is 0.263 e. The summed E-state index contributed by atoms with van der Waals surface area (Å²) < 4.78 is 22.9. The SMILES string of the molecule is O=S(=O)(CCCl)c1ccncc1Cl. The molecule has 1 aromatic heterocycles. The van der Waals surface area contributed by atoms with E-state index in [9.17, 15) is 8.42 Å². The lowest BCUT2D eigenvalue weighted by Crippen LogP contribution is -2.08. The maximum absolute atomic E-state index is 11.5. The van der Waals surface area contributed by atoms with Gasteiger partial charge >= 0.3 is 0 Å². The van der Waals surface area contributed by atoms with Crippen molar-refractivity contribution in [2.75, 3.05) is 11.6 Å². The van der Waals surface area contributed by atoms with Crippen LogP contribution in [0.15, 0.2) is 23.4 Å². The molecule has 0 aromatic carbocycles. The second kappa shape index (κ2) is 4.26. The van der Waals surface area contributed by atoms with Crippen LogP contribution in [0.4, 0.5) is 0 Å². The molecule has 0 fully saturated rings. The molecule has 0 aliphatic heterocycles. The molecule has 0 N–H and O–H groups in total. The van der Waals surface area contributed by atoms with Crippen LogP contribution in [0, 0.1) is 0 Å². The van der Waals surface area contributed by atoms with Crippen molar-refractivity contribution < 1.29 is 8.42 Å². The Bertz CT molecular complexity index is 391. The average molecular weight is 240 g/mol. The van der Waals surface area contributed by atoms with E-state index in [0.717, 1.165) is 0 Å². The van der Waals surface area contributed by atoms with Gasteiger partial charge in [0, 0.05) is 18.3 Å². The lowest BCUT2D eigenvalue weighted by molar-refractivity contribution is 0.597. The van der Waals surface area contributed by atoms with Crippen molar-refractivity contribution in [1.29, 1.82) is 0 Å². The van der Waals surface area contributed by atoms with E-state index in [1.807, 2.05) is 0 Å². The molecule has 0 saturated heterocycles. The molecule has 0 radical (unpaired) electrons. The van der Waals surface area contributed by atoms with Gasteiger partial charge in [-0.2, -0.15) is 0 Å². The summed E-state index contributed by atoms with van der Waals surface area (Å²) in [5.74, 6) is -0.0563. The molecule has 0 atom stereocenters. The fraction of sp³-hybridized carbons (Fsp3) is 0.286. The van der Waals surface area contributed by atoms with E-state index in [4.69, 9.17) is 23.2 Å². The summed E-state index contributed by atoms with van der Waals surface area (Å²) >= 11 is 11.0. The number of aromatic nitrogens is 1. The maximum atomic E-state index is 11.5. The second-order valence-electron chi connectivity index (χ2n) is 2.31. The van der Waals surface area contributed by atoms with Crippen molar-refractivity contribution in [3.05, 3.63) is 23.5 Å². The number of pyridine rings is 1. The Balaban J connectivity index is 3.15. The molecule has 3 nitrogen and oxygen atoms in total. The minimum absolute atomic E-state index is 0.0565. The first-order chi connectivity index (χ1) is 6.08. The van der Waals surface area contributed by atoms with Crippen LogP contribution >= 0.6 is 23.2 Å². The zero-order chi connectivity index (χ0) is 9.90. The van der Waals surface area contributed by atoms with E-state index in [1.54, 1.807) is 0 Å². The van der Waals surface area contributed by atoms with Gasteiger partial charge in [0.15, 0.2) is 9.84 Å². The Kier molecular flexibility index (Phi) is 3.53.